The van der Waals surface area contributed by atoms with Crippen LogP contribution in [0, 0.1) is 0 Å². The summed E-state index contributed by atoms with van der Waals surface area (Å²) in [5.41, 5.74) is 1.95. The molecule has 0 saturated heterocycles. The minimum Gasteiger partial charge on any atom is -0.435 e. The van der Waals surface area contributed by atoms with Gasteiger partial charge in [-0.15, -0.1) is 0 Å². The second-order valence-corrected chi connectivity index (χ2v) is 4.94. The van der Waals surface area contributed by atoms with Crippen molar-refractivity contribution in [2.24, 2.45) is 7.05 Å². The first-order valence-corrected chi connectivity index (χ1v) is 6.76. The minimum absolute atomic E-state index is 0.00359. The van der Waals surface area contributed by atoms with Crippen LogP contribution >= 0.6 is 0 Å². The summed E-state index contributed by atoms with van der Waals surface area (Å²) < 4.78 is 30.7. The van der Waals surface area contributed by atoms with Crippen molar-refractivity contribution in [2.75, 3.05) is 0 Å². The Morgan fingerprint density at radius 3 is 2.57 bits per heavy atom. The van der Waals surface area contributed by atoms with Gasteiger partial charge in [-0.2, -0.15) is 13.9 Å². The van der Waals surface area contributed by atoms with Crippen LogP contribution in [0.2, 0.25) is 0 Å². The van der Waals surface area contributed by atoms with Gasteiger partial charge in [0.15, 0.2) is 0 Å². The number of nitrogens with zero attached hydrogens (tertiary/aromatic N) is 2. The number of rotatable bonds is 6. The Morgan fingerprint density at radius 2 is 1.95 bits per heavy atom. The molecule has 1 N–H and O–H groups in total. The zero-order valence-corrected chi connectivity index (χ0v) is 12.3. The molecule has 114 valence electrons. The molecule has 0 aliphatic carbocycles. The highest BCUT2D eigenvalue weighted by molar-refractivity contribution is 5.30. The lowest BCUT2D eigenvalue weighted by molar-refractivity contribution is -0.0499. The second kappa shape index (κ2) is 6.67. The van der Waals surface area contributed by atoms with Gasteiger partial charge in [-0.1, -0.05) is 12.1 Å². The van der Waals surface area contributed by atoms with Crippen LogP contribution in [0.25, 0.3) is 0 Å². The number of ether oxygens (including phenoxy) is 1. The monoisotopic (exact) mass is 295 g/mol. The maximum Gasteiger partial charge on any atom is 0.387 e. The molecule has 6 heteroatoms. The standard InChI is InChI=1S/C15H19F2N3O/c1-10(19-11(2)14-7-8-18-20(14)3)12-5-4-6-13(9-12)21-15(16)17/h4-11,15,19H,1-3H3. The van der Waals surface area contributed by atoms with Crippen molar-refractivity contribution in [3.63, 3.8) is 0 Å². The quantitative estimate of drug-likeness (QED) is 0.887. The van der Waals surface area contributed by atoms with E-state index in [2.05, 4.69) is 15.2 Å². The number of nitrogens with one attached hydrogen (secondary N) is 1. The largest absolute Gasteiger partial charge is 0.435 e. The van der Waals surface area contributed by atoms with Crippen molar-refractivity contribution in [1.82, 2.24) is 15.1 Å². The Hall–Kier alpha value is -1.95. The first-order valence-electron chi connectivity index (χ1n) is 6.76. The summed E-state index contributed by atoms with van der Waals surface area (Å²) in [6.07, 6.45) is 1.75. The van der Waals surface area contributed by atoms with Crippen LogP contribution < -0.4 is 10.1 Å². The van der Waals surface area contributed by atoms with Crippen LogP contribution in [0.15, 0.2) is 36.5 Å². The molecule has 0 spiro atoms. The Labute approximate surface area is 122 Å². The molecule has 0 aliphatic heterocycles. The van der Waals surface area contributed by atoms with Gasteiger partial charge in [0.25, 0.3) is 0 Å². The highest BCUT2D eigenvalue weighted by Crippen LogP contribution is 2.23. The highest BCUT2D eigenvalue weighted by Gasteiger charge is 2.14. The first-order chi connectivity index (χ1) is 9.97. The normalized spacial score (nSPS) is 14.2. The average Bonchev–Trinajstić information content (AvgIpc) is 2.84. The van der Waals surface area contributed by atoms with Gasteiger partial charge in [-0.05, 0) is 37.6 Å². The molecule has 21 heavy (non-hydrogen) atoms. The van der Waals surface area contributed by atoms with E-state index in [0.29, 0.717) is 0 Å². The maximum atomic E-state index is 12.2. The Morgan fingerprint density at radius 1 is 1.19 bits per heavy atom. The van der Waals surface area contributed by atoms with E-state index in [-0.39, 0.29) is 17.8 Å². The summed E-state index contributed by atoms with van der Waals surface area (Å²) in [7, 11) is 1.88. The lowest BCUT2D eigenvalue weighted by Gasteiger charge is -2.21. The second-order valence-electron chi connectivity index (χ2n) is 4.94. The van der Waals surface area contributed by atoms with Gasteiger partial charge in [0.2, 0.25) is 0 Å². The smallest absolute Gasteiger partial charge is 0.387 e. The van der Waals surface area contributed by atoms with Gasteiger partial charge >= 0.3 is 6.61 Å². The summed E-state index contributed by atoms with van der Waals surface area (Å²) in [4.78, 5) is 0. The molecule has 0 radical (unpaired) electrons. The van der Waals surface area contributed by atoms with E-state index in [1.54, 1.807) is 23.0 Å². The zero-order valence-electron chi connectivity index (χ0n) is 12.3. The zero-order chi connectivity index (χ0) is 15.4. The summed E-state index contributed by atoms with van der Waals surface area (Å²) in [5.74, 6) is 0.171. The summed E-state index contributed by atoms with van der Waals surface area (Å²) in [5, 5.41) is 7.55. The van der Waals surface area contributed by atoms with E-state index >= 15 is 0 Å². The Kier molecular flexibility index (Phi) is 4.90. The molecule has 2 rings (SSSR count). The van der Waals surface area contributed by atoms with Crippen molar-refractivity contribution in [3.8, 4) is 5.75 Å². The summed E-state index contributed by atoms with van der Waals surface area (Å²) >= 11 is 0. The fraction of sp³-hybridized carbons (Fsp3) is 0.400. The van der Waals surface area contributed by atoms with E-state index in [1.165, 1.54) is 6.07 Å². The van der Waals surface area contributed by atoms with E-state index < -0.39 is 6.61 Å². The van der Waals surface area contributed by atoms with E-state index in [1.807, 2.05) is 33.0 Å². The van der Waals surface area contributed by atoms with Crippen LogP contribution in [0.3, 0.4) is 0 Å². The molecular formula is C15H19F2N3O. The molecule has 0 aliphatic rings. The van der Waals surface area contributed by atoms with Gasteiger partial charge in [0.05, 0.1) is 5.69 Å². The predicted octanol–water partition coefficient (Wildman–Crippen LogP) is 3.43. The number of alkyl halides is 2. The molecule has 2 atom stereocenters. The topological polar surface area (TPSA) is 39.1 Å². The average molecular weight is 295 g/mol. The third-order valence-electron chi connectivity index (χ3n) is 3.39. The molecule has 0 fully saturated rings. The van der Waals surface area contributed by atoms with Gasteiger partial charge in [0, 0.05) is 25.3 Å². The van der Waals surface area contributed by atoms with Crippen LogP contribution in [0.4, 0.5) is 8.78 Å². The minimum atomic E-state index is -2.81. The number of hydrogen-bond acceptors (Lipinski definition) is 3. The van der Waals surface area contributed by atoms with Crippen LogP contribution in [-0.4, -0.2) is 16.4 Å². The van der Waals surface area contributed by atoms with E-state index in [0.717, 1.165) is 11.3 Å². The van der Waals surface area contributed by atoms with Gasteiger partial charge < -0.3 is 10.1 Å². The molecule has 1 heterocycles. The van der Waals surface area contributed by atoms with Gasteiger partial charge in [-0.3, -0.25) is 4.68 Å². The number of halogens is 2. The fourth-order valence-electron chi connectivity index (χ4n) is 2.33. The fourth-order valence-corrected chi connectivity index (χ4v) is 2.33. The SMILES string of the molecule is CC(NC(C)c1ccnn1C)c1cccc(OC(F)F)c1. The Balaban J connectivity index is 2.06. The molecule has 2 unspecified atom stereocenters. The van der Waals surface area contributed by atoms with Crippen molar-refractivity contribution in [2.45, 2.75) is 32.5 Å². The predicted molar refractivity (Wildman–Crippen MR) is 76.2 cm³/mol. The number of benzene rings is 1. The molecule has 4 nitrogen and oxygen atoms in total. The summed E-state index contributed by atoms with van der Waals surface area (Å²) in [6.45, 7) is 1.21. The van der Waals surface area contributed by atoms with Crippen molar-refractivity contribution in [3.05, 3.63) is 47.8 Å². The van der Waals surface area contributed by atoms with Gasteiger partial charge in [0.1, 0.15) is 5.75 Å². The molecule has 1 aromatic carbocycles. The Bertz CT molecular complexity index is 586. The van der Waals surface area contributed by atoms with Crippen LogP contribution in [0.1, 0.15) is 37.2 Å². The van der Waals surface area contributed by atoms with Crippen LogP contribution in [-0.2, 0) is 7.05 Å². The van der Waals surface area contributed by atoms with Crippen molar-refractivity contribution in [1.29, 1.82) is 0 Å². The summed E-state index contributed by atoms with van der Waals surface area (Å²) in [6, 6.07) is 8.77. The van der Waals surface area contributed by atoms with E-state index in [9.17, 15) is 8.78 Å². The molecule has 0 amide bonds. The molecule has 2 aromatic rings. The molecule has 1 aromatic heterocycles. The highest BCUT2D eigenvalue weighted by atomic mass is 19.3. The van der Waals surface area contributed by atoms with Crippen molar-refractivity contribution < 1.29 is 13.5 Å². The first kappa shape index (κ1) is 15.4. The van der Waals surface area contributed by atoms with Crippen LogP contribution in [0.5, 0.6) is 5.75 Å². The number of hydrogen-bond donors (Lipinski definition) is 1. The van der Waals surface area contributed by atoms with Gasteiger partial charge in [-0.25, -0.2) is 0 Å². The molecular weight excluding hydrogens is 276 g/mol. The lowest BCUT2D eigenvalue weighted by atomic mass is 10.1. The lowest BCUT2D eigenvalue weighted by Crippen LogP contribution is -2.24. The van der Waals surface area contributed by atoms with E-state index in [4.69, 9.17) is 0 Å². The molecule has 0 saturated carbocycles. The maximum absolute atomic E-state index is 12.2. The number of aryl methyl sites for hydroxylation is 1. The number of aromatic nitrogens is 2. The third kappa shape index (κ3) is 4.01. The molecule has 0 bridgehead atoms. The van der Waals surface area contributed by atoms with Crippen molar-refractivity contribution >= 4 is 0 Å². The third-order valence-corrected chi connectivity index (χ3v) is 3.39.